The Bertz CT molecular complexity index is 619. The molecule has 1 aromatic carbocycles. The van der Waals surface area contributed by atoms with E-state index in [2.05, 4.69) is 60.2 Å². The van der Waals surface area contributed by atoms with Crippen LogP contribution in [0.15, 0.2) is 36.5 Å². The molecule has 2 atom stereocenters. The molecule has 1 aromatic heterocycles. The predicted molar refractivity (Wildman–Crippen MR) is 94.7 cm³/mol. The quantitative estimate of drug-likeness (QED) is 0.935. The van der Waals surface area contributed by atoms with Crippen LogP contribution >= 0.6 is 12.4 Å². The van der Waals surface area contributed by atoms with Crippen LogP contribution in [-0.2, 0) is 12.1 Å². The fraction of sp³-hybridized carbons (Fsp3) is 0.529. The molecule has 0 amide bonds. The van der Waals surface area contributed by atoms with E-state index in [9.17, 15) is 0 Å². The summed E-state index contributed by atoms with van der Waals surface area (Å²) in [6.45, 7) is 9.08. The Morgan fingerprint density at radius 3 is 2.48 bits per heavy atom. The zero-order valence-corrected chi connectivity index (χ0v) is 14.8. The average molecular weight is 336 g/mol. The van der Waals surface area contributed by atoms with Crippen molar-refractivity contribution < 1.29 is 0 Å². The molecule has 1 saturated heterocycles. The minimum atomic E-state index is -0.0285. The third kappa shape index (κ3) is 4.10. The van der Waals surface area contributed by atoms with Gasteiger partial charge in [-0.05, 0) is 26.3 Å². The molecule has 0 spiro atoms. The van der Waals surface area contributed by atoms with Gasteiger partial charge in [-0.25, -0.2) is 4.68 Å². The molecule has 0 radical (unpaired) electrons. The van der Waals surface area contributed by atoms with Crippen molar-refractivity contribution in [1.82, 2.24) is 19.9 Å². The summed E-state index contributed by atoms with van der Waals surface area (Å²) in [6.07, 6.45) is 2.04. The first-order valence-electron chi connectivity index (χ1n) is 7.88. The lowest BCUT2D eigenvalue weighted by atomic mass is 9.95. The topological polar surface area (TPSA) is 60.0 Å². The molecule has 126 valence electrons. The lowest BCUT2D eigenvalue weighted by molar-refractivity contribution is 0.319. The monoisotopic (exact) mass is 335 g/mol. The second kappa shape index (κ2) is 6.99. The highest BCUT2D eigenvalue weighted by Gasteiger charge is 2.31. The van der Waals surface area contributed by atoms with Gasteiger partial charge in [-0.1, -0.05) is 35.5 Å². The largest absolute Gasteiger partial charge is 0.326 e. The van der Waals surface area contributed by atoms with Gasteiger partial charge in [0.25, 0.3) is 0 Å². The number of hydrogen-bond acceptors (Lipinski definition) is 4. The van der Waals surface area contributed by atoms with Crippen molar-refractivity contribution in [2.45, 2.75) is 44.8 Å². The fourth-order valence-electron chi connectivity index (χ4n) is 3.02. The van der Waals surface area contributed by atoms with E-state index in [0.29, 0.717) is 5.92 Å². The maximum absolute atomic E-state index is 6.35. The van der Waals surface area contributed by atoms with E-state index in [-0.39, 0.29) is 24.0 Å². The minimum Gasteiger partial charge on any atom is -0.326 e. The van der Waals surface area contributed by atoms with E-state index < -0.39 is 0 Å². The maximum Gasteiger partial charge on any atom is 0.0967 e. The van der Waals surface area contributed by atoms with E-state index >= 15 is 0 Å². The molecule has 6 heteroatoms. The molecule has 2 N–H and O–H groups in total. The van der Waals surface area contributed by atoms with Crippen LogP contribution < -0.4 is 5.73 Å². The normalized spacial score (nSPS) is 22.1. The summed E-state index contributed by atoms with van der Waals surface area (Å²) >= 11 is 0. The number of aromatic nitrogens is 3. The lowest BCUT2D eigenvalue weighted by Gasteiger charge is -2.17. The summed E-state index contributed by atoms with van der Waals surface area (Å²) < 4.78 is 1.92. The number of halogens is 1. The Kier molecular flexibility index (Phi) is 5.45. The average Bonchev–Trinajstić information content (AvgIpc) is 3.07. The highest BCUT2D eigenvalue weighted by Crippen LogP contribution is 2.27. The van der Waals surface area contributed by atoms with Crippen molar-refractivity contribution in [2.24, 2.45) is 5.73 Å². The lowest BCUT2D eigenvalue weighted by Crippen LogP contribution is -2.28. The third-order valence-electron chi connectivity index (χ3n) is 4.28. The highest BCUT2D eigenvalue weighted by molar-refractivity contribution is 5.85. The molecule has 0 saturated carbocycles. The molecule has 0 aliphatic carbocycles. The summed E-state index contributed by atoms with van der Waals surface area (Å²) in [7, 11) is 0. The first-order chi connectivity index (χ1) is 10.4. The number of hydrogen-bond donors (Lipinski definition) is 1. The summed E-state index contributed by atoms with van der Waals surface area (Å²) in [5.41, 5.74) is 8.66. The first-order valence-corrected chi connectivity index (χ1v) is 7.88. The van der Waals surface area contributed by atoms with Gasteiger partial charge in [0.15, 0.2) is 0 Å². The predicted octanol–water partition coefficient (Wildman–Crippen LogP) is 2.38. The van der Waals surface area contributed by atoms with Crippen molar-refractivity contribution in [1.29, 1.82) is 0 Å². The first kappa shape index (κ1) is 17.9. The second-order valence-electron chi connectivity index (χ2n) is 7.20. The molecule has 1 fully saturated rings. The molecule has 2 aromatic rings. The molecule has 2 heterocycles. The maximum atomic E-state index is 6.35. The van der Waals surface area contributed by atoms with E-state index in [1.165, 1.54) is 5.56 Å². The zero-order chi connectivity index (χ0) is 15.7. The van der Waals surface area contributed by atoms with Crippen molar-refractivity contribution >= 4 is 12.4 Å². The number of benzene rings is 1. The summed E-state index contributed by atoms with van der Waals surface area (Å²) in [6, 6.07) is 10.7. The SMILES string of the molecule is CC(C)(C)n1cc(CN2C[C@@H](N)[C@H](c3ccccc3)C2)nn1.Cl. The van der Waals surface area contributed by atoms with Gasteiger partial charge in [0, 0.05) is 31.6 Å². The zero-order valence-electron chi connectivity index (χ0n) is 14.0. The van der Waals surface area contributed by atoms with E-state index in [4.69, 9.17) is 5.73 Å². The summed E-state index contributed by atoms with van der Waals surface area (Å²) in [5.74, 6) is 0.402. The van der Waals surface area contributed by atoms with Crippen LogP contribution in [-0.4, -0.2) is 39.0 Å². The van der Waals surface area contributed by atoms with Crippen molar-refractivity contribution in [3.8, 4) is 0 Å². The van der Waals surface area contributed by atoms with Crippen LogP contribution in [0.4, 0.5) is 0 Å². The van der Waals surface area contributed by atoms with Gasteiger partial charge in [-0.2, -0.15) is 0 Å². The van der Waals surface area contributed by atoms with E-state index in [1.807, 2.05) is 16.9 Å². The Labute approximate surface area is 144 Å². The standard InChI is InChI=1S/C17H25N5.ClH/c1-17(2,3)22-10-14(19-20-22)9-21-11-15(16(18)12-21)13-7-5-4-6-8-13;/h4-8,10,15-16H,9,11-12,18H2,1-3H3;1H/t15-,16+;/m0./s1. The Morgan fingerprint density at radius 2 is 1.87 bits per heavy atom. The van der Waals surface area contributed by atoms with Crippen LogP contribution in [0.1, 0.15) is 37.9 Å². The minimum absolute atomic E-state index is 0. The molecule has 1 aliphatic rings. The van der Waals surface area contributed by atoms with Gasteiger partial charge in [0.1, 0.15) is 0 Å². The van der Waals surface area contributed by atoms with Crippen LogP contribution in [0, 0.1) is 0 Å². The third-order valence-corrected chi connectivity index (χ3v) is 4.28. The van der Waals surface area contributed by atoms with Crippen LogP contribution in [0.2, 0.25) is 0 Å². The van der Waals surface area contributed by atoms with E-state index in [1.54, 1.807) is 0 Å². The van der Waals surface area contributed by atoms with Gasteiger partial charge in [-0.15, -0.1) is 17.5 Å². The number of rotatable bonds is 3. The molecule has 23 heavy (non-hydrogen) atoms. The smallest absolute Gasteiger partial charge is 0.0967 e. The van der Waals surface area contributed by atoms with Gasteiger partial charge >= 0.3 is 0 Å². The Morgan fingerprint density at radius 1 is 1.17 bits per heavy atom. The fourth-order valence-corrected chi connectivity index (χ4v) is 3.02. The molecule has 0 unspecified atom stereocenters. The number of likely N-dealkylation sites (tertiary alicyclic amines) is 1. The van der Waals surface area contributed by atoms with Gasteiger partial charge in [-0.3, -0.25) is 4.90 Å². The molecule has 3 rings (SSSR count). The van der Waals surface area contributed by atoms with Gasteiger partial charge in [0.2, 0.25) is 0 Å². The van der Waals surface area contributed by atoms with Gasteiger partial charge in [0.05, 0.1) is 17.4 Å². The van der Waals surface area contributed by atoms with E-state index in [0.717, 1.165) is 25.3 Å². The summed E-state index contributed by atoms with van der Waals surface area (Å²) in [5, 5.41) is 8.53. The summed E-state index contributed by atoms with van der Waals surface area (Å²) in [4.78, 5) is 2.37. The highest BCUT2D eigenvalue weighted by atomic mass is 35.5. The van der Waals surface area contributed by atoms with Crippen LogP contribution in [0.3, 0.4) is 0 Å². The number of nitrogens with two attached hydrogens (primary N) is 1. The van der Waals surface area contributed by atoms with Crippen LogP contribution in [0.5, 0.6) is 0 Å². The molecular weight excluding hydrogens is 310 g/mol. The van der Waals surface area contributed by atoms with Crippen molar-refractivity contribution in [3.05, 3.63) is 47.8 Å². The molecular formula is C17H26ClN5. The van der Waals surface area contributed by atoms with Crippen molar-refractivity contribution in [3.63, 3.8) is 0 Å². The number of nitrogens with zero attached hydrogens (tertiary/aromatic N) is 4. The molecule has 5 nitrogen and oxygen atoms in total. The Balaban J connectivity index is 0.00000192. The van der Waals surface area contributed by atoms with Crippen molar-refractivity contribution in [2.75, 3.05) is 13.1 Å². The Hall–Kier alpha value is -1.43. The van der Waals surface area contributed by atoms with Gasteiger partial charge < -0.3 is 5.73 Å². The van der Waals surface area contributed by atoms with Crippen LogP contribution in [0.25, 0.3) is 0 Å². The molecule has 0 bridgehead atoms. The molecule has 1 aliphatic heterocycles. The second-order valence-corrected chi connectivity index (χ2v) is 7.20.